The third kappa shape index (κ3) is 1.59. The van der Waals surface area contributed by atoms with Gasteiger partial charge >= 0.3 is 20.4 Å². The Morgan fingerprint density at radius 3 is 2.69 bits per heavy atom. The summed E-state index contributed by atoms with van der Waals surface area (Å²) < 4.78 is 2.73. The minimum atomic E-state index is -0.148. The van der Waals surface area contributed by atoms with Gasteiger partial charge in [-0.05, 0) is 23.1 Å². The number of hydrogen-bond donors (Lipinski definition) is 0. The Morgan fingerprint density at radius 2 is 1.81 bits per heavy atom. The molecule has 75 valence electrons. The number of hydrogen-bond acceptors (Lipinski definition) is 0. The Hall–Kier alpha value is -0.794. The van der Waals surface area contributed by atoms with Crippen LogP contribution in [0, 0.1) is 6.92 Å². The van der Waals surface area contributed by atoms with E-state index in [0.717, 1.165) is 11.0 Å². The van der Waals surface area contributed by atoms with Gasteiger partial charge in [-0.1, -0.05) is 55.0 Å². The van der Waals surface area contributed by atoms with E-state index in [2.05, 4.69) is 49.4 Å². The van der Waals surface area contributed by atoms with Crippen LogP contribution in [-0.4, -0.2) is 20.4 Å². The highest BCUT2D eigenvalue weighted by molar-refractivity contribution is 6.54. The molecule has 0 aliphatic heterocycles. The molecule has 0 spiro atoms. The van der Waals surface area contributed by atoms with Crippen LogP contribution in [0.15, 0.2) is 42.5 Å². The first-order valence-corrected chi connectivity index (χ1v) is 7.59. The standard InChI is InChI=1S/C13H9.C2H4.Mg/c1-3-7-12-10(5-1)9-11-6-2-4-8-13(11)12;1-2;/h1-5,7-8H,9H2;1-2H2;. The molecule has 1 aliphatic rings. The van der Waals surface area contributed by atoms with Gasteiger partial charge < -0.3 is 0 Å². The van der Waals surface area contributed by atoms with E-state index < -0.39 is 0 Å². The molecule has 16 heavy (non-hydrogen) atoms. The smallest absolute Gasteiger partial charge is 0.170 e. The van der Waals surface area contributed by atoms with Crippen LogP contribution in [0.3, 0.4) is 0 Å². The second kappa shape index (κ2) is 4.23. The molecule has 0 aromatic heterocycles. The normalized spacial score (nSPS) is 11.8. The fourth-order valence-corrected chi connectivity index (χ4v) is 3.95. The predicted octanol–water partition coefficient (Wildman–Crippen LogP) is 2.84. The maximum atomic E-state index is 4.02. The second-order valence-corrected chi connectivity index (χ2v) is 6.35. The molecule has 0 heterocycles. The number of fused-ring (bicyclic) bond motifs is 3. The van der Waals surface area contributed by atoms with E-state index in [1.54, 1.807) is 9.26 Å². The minimum Gasteiger partial charge on any atom is -0.170 e. The Balaban J connectivity index is 2.16. The molecule has 1 radical (unpaired) electrons. The highest BCUT2D eigenvalue weighted by Crippen LogP contribution is 2.34. The fraction of sp³-hybridized carbons (Fsp3) is 0.133. The van der Waals surface area contributed by atoms with Crippen molar-refractivity contribution in [1.82, 2.24) is 0 Å². The van der Waals surface area contributed by atoms with E-state index in [1.807, 2.05) is 0 Å². The lowest BCUT2D eigenvalue weighted by molar-refractivity contribution is 1.28. The van der Waals surface area contributed by atoms with Gasteiger partial charge in [-0.25, -0.2) is 0 Å². The van der Waals surface area contributed by atoms with Crippen LogP contribution in [0.4, 0.5) is 0 Å². The third-order valence-electron chi connectivity index (χ3n) is 3.39. The van der Waals surface area contributed by atoms with Crippen LogP contribution in [0.1, 0.15) is 11.1 Å². The molecule has 0 unspecified atom stereocenters. The largest absolute Gasteiger partial charge is 0.409 e. The van der Waals surface area contributed by atoms with Gasteiger partial charge in [-0.3, -0.25) is 0 Å². The maximum absolute atomic E-state index is 4.02. The molecule has 3 rings (SSSR count). The summed E-state index contributed by atoms with van der Waals surface area (Å²) >= 11 is -0.148. The average Bonchev–Trinajstić information content (AvgIpc) is 2.69. The van der Waals surface area contributed by atoms with Crippen molar-refractivity contribution in [3.63, 3.8) is 0 Å². The van der Waals surface area contributed by atoms with Crippen molar-refractivity contribution in [3.8, 4) is 11.1 Å². The van der Waals surface area contributed by atoms with Gasteiger partial charge in [-0.15, -0.1) is 4.55 Å². The zero-order valence-electron chi connectivity index (χ0n) is 9.37. The molecule has 0 saturated heterocycles. The SMILES string of the molecule is [CH2][CH2][Mg][c]1cccc2c1Cc1ccccc1-2. The van der Waals surface area contributed by atoms with Crippen molar-refractivity contribution in [3.05, 3.63) is 60.5 Å². The van der Waals surface area contributed by atoms with Crippen LogP contribution in [0.5, 0.6) is 0 Å². The van der Waals surface area contributed by atoms with Crippen molar-refractivity contribution < 1.29 is 0 Å². The van der Waals surface area contributed by atoms with Crippen LogP contribution < -0.4 is 3.69 Å². The summed E-state index contributed by atoms with van der Waals surface area (Å²) in [7, 11) is 0. The molecule has 1 heteroatoms. The molecule has 0 amide bonds. The maximum Gasteiger partial charge on any atom is 0.409 e. The van der Waals surface area contributed by atoms with Crippen molar-refractivity contribution in [2.24, 2.45) is 0 Å². The summed E-state index contributed by atoms with van der Waals surface area (Å²) in [6, 6.07) is 15.6. The predicted molar refractivity (Wildman–Crippen MR) is 70.2 cm³/mol. The Morgan fingerprint density at radius 1 is 1.00 bits per heavy atom. The first-order chi connectivity index (χ1) is 7.90. The Kier molecular flexibility index (Phi) is 2.74. The molecular formula is C15H13Mg. The molecule has 1 aliphatic carbocycles. The summed E-state index contributed by atoms with van der Waals surface area (Å²) in [6.45, 7) is 4.02. The van der Waals surface area contributed by atoms with Crippen molar-refractivity contribution in [2.75, 3.05) is 0 Å². The molecule has 0 nitrogen and oxygen atoms in total. The first-order valence-electron chi connectivity index (χ1n) is 5.88. The molecule has 0 N–H and O–H groups in total. The van der Waals surface area contributed by atoms with Gasteiger partial charge in [0.1, 0.15) is 0 Å². The average molecular weight is 218 g/mol. The van der Waals surface area contributed by atoms with E-state index >= 15 is 0 Å². The summed E-state index contributed by atoms with van der Waals surface area (Å²) in [5, 5.41) is 0. The first kappa shape index (κ1) is 10.4. The van der Waals surface area contributed by atoms with Gasteiger partial charge in [0, 0.05) is 0 Å². The molecule has 0 atom stereocenters. The van der Waals surface area contributed by atoms with E-state index in [0.29, 0.717) is 0 Å². The number of benzene rings is 2. The summed E-state index contributed by atoms with van der Waals surface area (Å²) in [5.74, 6) is 0. The summed E-state index contributed by atoms with van der Waals surface area (Å²) in [4.78, 5) is 0. The Labute approximate surface area is 106 Å². The van der Waals surface area contributed by atoms with Gasteiger partial charge in [0.05, 0.1) is 0 Å². The second-order valence-electron chi connectivity index (χ2n) is 4.38. The molecule has 0 saturated carbocycles. The van der Waals surface area contributed by atoms with E-state index in [-0.39, 0.29) is 20.4 Å². The van der Waals surface area contributed by atoms with Crippen LogP contribution in [-0.2, 0) is 6.42 Å². The zero-order valence-corrected chi connectivity index (χ0v) is 10.8. The fourth-order valence-electron chi connectivity index (χ4n) is 2.65. The summed E-state index contributed by atoms with van der Waals surface area (Å²) in [5.41, 5.74) is 5.98. The van der Waals surface area contributed by atoms with Gasteiger partial charge in [0.25, 0.3) is 0 Å². The van der Waals surface area contributed by atoms with Crippen molar-refractivity contribution in [1.29, 1.82) is 0 Å². The van der Waals surface area contributed by atoms with Crippen molar-refractivity contribution in [2.45, 2.75) is 11.0 Å². The zero-order chi connectivity index (χ0) is 11.0. The van der Waals surface area contributed by atoms with E-state index in [9.17, 15) is 0 Å². The monoisotopic (exact) mass is 217 g/mol. The molecular weight excluding hydrogens is 204 g/mol. The Bertz CT molecular complexity index is 529. The molecule has 0 bridgehead atoms. The van der Waals surface area contributed by atoms with Crippen LogP contribution >= 0.6 is 0 Å². The highest BCUT2D eigenvalue weighted by atomic mass is 24.5. The molecule has 2 aromatic rings. The lowest BCUT2D eigenvalue weighted by atomic mass is 10.1. The highest BCUT2D eigenvalue weighted by Gasteiger charge is 2.19. The molecule has 0 fully saturated rings. The summed E-state index contributed by atoms with van der Waals surface area (Å²) in [6.07, 6.45) is 1.13. The van der Waals surface area contributed by atoms with Crippen LogP contribution in [0.2, 0.25) is 4.55 Å². The topological polar surface area (TPSA) is 0 Å². The van der Waals surface area contributed by atoms with Gasteiger partial charge in [-0.2, -0.15) is 3.69 Å². The lowest BCUT2D eigenvalue weighted by Gasteiger charge is -2.06. The van der Waals surface area contributed by atoms with Crippen LogP contribution in [0.25, 0.3) is 11.1 Å². The number of rotatable bonds is 2. The van der Waals surface area contributed by atoms with E-state index in [1.165, 1.54) is 16.7 Å². The minimum absolute atomic E-state index is 0.148. The molecule has 2 aromatic carbocycles. The van der Waals surface area contributed by atoms with Crippen molar-refractivity contribution >= 4 is 24.1 Å². The van der Waals surface area contributed by atoms with Gasteiger partial charge in [0.15, 0.2) is 0 Å². The van der Waals surface area contributed by atoms with Gasteiger partial charge in [0.2, 0.25) is 0 Å². The van der Waals surface area contributed by atoms with E-state index in [4.69, 9.17) is 0 Å². The lowest BCUT2D eigenvalue weighted by Crippen LogP contribution is -2.17. The quantitative estimate of drug-likeness (QED) is 0.579. The third-order valence-corrected chi connectivity index (χ3v) is 4.95.